The summed E-state index contributed by atoms with van der Waals surface area (Å²) in [6, 6.07) is 5.48. The van der Waals surface area contributed by atoms with Crippen molar-refractivity contribution < 1.29 is 44.3 Å². The fourth-order valence-electron chi connectivity index (χ4n) is 7.00. The van der Waals surface area contributed by atoms with Gasteiger partial charge in [-0.1, -0.05) is 32.9 Å². The van der Waals surface area contributed by atoms with Crippen molar-refractivity contribution in [2.45, 2.75) is 51.7 Å². The molecule has 1 aromatic rings. The average Bonchev–Trinajstić information content (AvgIpc) is 3.33. The highest BCUT2D eigenvalue weighted by molar-refractivity contribution is 6.24. The number of benzene rings is 1. The van der Waals surface area contributed by atoms with E-state index in [1.54, 1.807) is 6.07 Å². The lowest BCUT2D eigenvalue weighted by Gasteiger charge is -2.48. The number of primary amides is 1. The molecule has 0 radical (unpaired) electrons. The number of rotatable bonds is 2. The molecule has 4 aliphatic carbocycles. The Balaban J connectivity index is 1.52. The van der Waals surface area contributed by atoms with Crippen LogP contribution in [-0.2, 0) is 14.4 Å². The first-order valence-corrected chi connectivity index (χ1v) is 13.2. The predicted molar refractivity (Wildman–Crippen MR) is 141 cm³/mol. The quantitative estimate of drug-likeness (QED) is 0.347. The molecule has 5 aliphatic rings. The van der Waals surface area contributed by atoms with Crippen molar-refractivity contribution in [2.24, 2.45) is 28.9 Å². The van der Waals surface area contributed by atoms with Gasteiger partial charge in [-0.3, -0.25) is 14.4 Å². The average molecular weight is 550 g/mol. The lowest BCUT2D eigenvalue weighted by Crippen LogP contribution is -2.58. The number of ether oxygens (including phenoxy) is 2. The molecule has 10 nitrogen and oxygen atoms in total. The van der Waals surface area contributed by atoms with Gasteiger partial charge in [0.15, 0.2) is 22.9 Å². The summed E-state index contributed by atoms with van der Waals surface area (Å²) < 4.78 is 11.0. The summed E-state index contributed by atoms with van der Waals surface area (Å²) in [5.41, 5.74) is 4.09. The Labute approximate surface area is 230 Å². The van der Waals surface area contributed by atoms with E-state index in [2.05, 4.69) is 0 Å². The minimum atomic E-state index is -2.58. The van der Waals surface area contributed by atoms with Crippen molar-refractivity contribution in [1.29, 1.82) is 0 Å². The maximum Gasteiger partial charge on any atom is 0.255 e. The van der Waals surface area contributed by atoms with E-state index in [4.69, 9.17) is 15.2 Å². The molecule has 40 heavy (non-hydrogen) atoms. The van der Waals surface area contributed by atoms with Crippen molar-refractivity contribution in [3.05, 3.63) is 63.6 Å². The van der Waals surface area contributed by atoms with Crippen molar-refractivity contribution >= 4 is 23.0 Å². The van der Waals surface area contributed by atoms with E-state index in [1.165, 1.54) is 0 Å². The first kappa shape index (κ1) is 26.3. The Morgan fingerprint density at radius 1 is 1.10 bits per heavy atom. The van der Waals surface area contributed by atoms with Gasteiger partial charge in [0, 0.05) is 17.9 Å². The lowest BCUT2D eigenvalue weighted by atomic mass is 9.56. The second-order valence-electron chi connectivity index (χ2n) is 12.2. The Morgan fingerprint density at radius 3 is 2.48 bits per heavy atom. The van der Waals surface area contributed by atoms with E-state index >= 15 is 0 Å². The van der Waals surface area contributed by atoms with Gasteiger partial charge in [-0.25, -0.2) is 0 Å². The van der Waals surface area contributed by atoms with Gasteiger partial charge < -0.3 is 35.6 Å². The number of Topliss-reactive ketones (excluding diaryl/α,β-unsaturated/α-hetero) is 2. The number of carbonyl (C=O) groups excluding carboxylic acids is 3. The molecule has 6 rings (SSSR count). The van der Waals surface area contributed by atoms with Gasteiger partial charge in [-0.05, 0) is 58.6 Å². The molecular formula is C30H31NO9. The van der Waals surface area contributed by atoms with E-state index < -0.39 is 69.4 Å². The normalized spacial score (nSPS) is 31.6. The third-order valence-corrected chi connectivity index (χ3v) is 8.95. The second-order valence-corrected chi connectivity index (χ2v) is 12.2. The van der Waals surface area contributed by atoms with Crippen LogP contribution >= 0.6 is 0 Å². The third-order valence-electron chi connectivity index (χ3n) is 8.95. The van der Waals surface area contributed by atoms with Gasteiger partial charge in [0.05, 0.1) is 12.0 Å². The van der Waals surface area contributed by atoms with Gasteiger partial charge in [-0.2, -0.15) is 0 Å². The van der Waals surface area contributed by atoms with Gasteiger partial charge in [0.2, 0.25) is 12.6 Å². The van der Waals surface area contributed by atoms with Gasteiger partial charge >= 0.3 is 0 Å². The van der Waals surface area contributed by atoms with Crippen LogP contribution < -0.4 is 15.2 Å². The third kappa shape index (κ3) is 3.52. The Kier molecular flexibility index (Phi) is 5.63. The molecule has 0 spiro atoms. The number of amides is 1. The summed E-state index contributed by atoms with van der Waals surface area (Å²) >= 11 is 0. The summed E-state index contributed by atoms with van der Waals surface area (Å²) in [5.74, 6) is -5.91. The van der Waals surface area contributed by atoms with Gasteiger partial charge in [0.1, 0.15) is 17.1 Å². The van der Waals surface area contributed by atoms with E-state index in [9.17, 15) is 34.8 Å². The summed E-state index contributed by atoms with van der Waals surface area (Å²) in [5, 5.41) is 44.8. The van der Waals surface area contributed by atoms with E-state index in [-0.39, 0.29) is 31.6 Å². The zero-order valence-corrected chi connectivity index (χ0v) is 22.4. The largest absolute Gasteiger partial charge is 0.511 e. The number of aliphatic hydroxyl groups excluding tert-OH is 3. The van der Waals surface area contributed by atoms with Crippen molar-refractivity contribution in [2.75, 3.05) is 6.79 Å². The minimum Gasteiger partial charge on any atom is -0.511 e. The van der Waals surface area contributed by atoms with E-state index in [0.29, 0.717) is 22.6 Å². The highest BCUT2D eigenvalue weighted by Crippen LogP contribution is 2.55. The molecule has 0 saturated heterocycles. The molecular weight excluding hydrogens is 518 g/mol. The van der Waals surface area contributed by atoms with Crippen LogP contribution in [0.25, 0.3) is 5.57 Å². The predicted octanol–water partition coefficient (Wildman–Crippen LogP) is 2.55. The summed E-state index contributed by atoms with van der Waals surface area (Å²) in [6.07, 6.45) is 0.781. The molecule has 1 fully saturated rings. The summed E-state index contributed by atoms with van der Waals surface area (Å²) in [6.45, 7) is 5.88. The second kappa shape index (κ2) is 8.55. The summed E-state index contributed by atoms with van der Waals surface area (Å²) in [4.78, 5) is 39.3. The zero-order valence-electron chi connectivity index (χ0n) is 22.4. The van der Waals surface area contributed by atoms with Crippen molar-refractivity contribution in [3.63, 3.8) is 0 Å². The van der Waals surface area contributed by atoms with Crippen LogP contribution in [0.4, 0.5) is 0 Å². The Morgan fingerprint density at radius 2 is 1.80 bits per heavy atom. The number of hydrogen-bond acceptors (Lipinski definition) is 9. The molecule has 2 unspecified atom stereocenters. The zero-order chi connectivity index (χ0) is 28.9. The molecule has 0 bridgehead atoms. The fraction of sp³-hybridized carbons (Fsp3) is 0.433. The number of aliphatic hydroxyl groups is 4. The summed E-state index contributed by atoms with van der Waals surface area (Å²) in [7, 11) is 0. The molecule has 1 aliphatic heterocycles. The van der Waals surface area contributed by atoms with Crippen LogP contribution in [0.1, 0.15) is 45.6 Å². The molecule has 6 N–H and O–H groups in total. The van der Waals surface area contributed by atoms with Crippen molar-refractivity contribution in [3.8, 4) is 11.5 Å². The van der Waals surface area contributed by atoms with E-state index in [0.717, 1.165) is 11.1 Å². The van der Waals surface area contributed by atoms with Crippen LogP contribution in [0.3, 0.4) is 0 Å². The smallest absolute Gasteiger partial charge is 0.255 e. The first-order chi connectivity index (χ1) is 18.7. The maximum absolute atomic E-state index is 14.2. The maximum atomic E-state index is 14.2. The minimum absolute atomic E-state index is 0.0834. The van der Waals surface area contributed by atoms with Crippen LogP contribution in [-0.4, -0.2) is 56.4 Å². The van der Waals surface area contributed by atoms with Gasteiger partial charge in [-0.15, -0.1) is 0 Å². The van der Waals surface area contributed by atoms with Gasteiger partial charge in [0.25, 0.3) is 5.91 Å². The molecule has 210 valence electrons. The lowest BCUT2D eigenvalue weighted by molar-refractivity contribution is -0.145. The molecule has 1 saturated carbocycles. The van der Waals surface area contributed by atoms with Crippen LogP contribution in [0.2, 0.25) is 0 Å². The number of hydrogen-bond donors (Lipinski definition) is 5. The highest BCUT2D eigenvalue weighted by Gasteiger charge is 2.61. The molecule has 1 heterocycles. The standard InChI is InChI=1S/C30H31NO9/c1-29(2,3)17-10-15(12-4-5-19-20(8-12)40-11-39-19)16-7-13-6-14-9-18(32)23(28(31)37)27(36)30(14,38)26(35)21(13)25(34)22(16)24(17)33/h4-5,8,10,13-14,22,24,32-33,35,38H,6-7,9,11H2,1-3H3,(H2,31,37)/t13-,14+,22?,24?,30+/m1/s1. The van der Waals surface area contributed by atoms with Crippen LogP contribution in [0.5, 0.6) is 11.5 Å². The topological polar surface area (TPSA) is 177 Å². The van der Waals surface area contributed by atoms with Crippen LogP contribution in [0, 0.1) is 23.2 Å². The van der Waals surface area contributed by atoms with Crippen molar-refractivity contribution in [1.82, 2.24) is 0 Å². The molecule has 1 amide bonds. The number of fused-ring (bicyclic) bond motifs is 4. The number of carbonyl (C=O) groups is 3. The number of allylic oxidation sites excluding steroid dienone is 4. The molecule has 5 atom stereocenters. The Bertz CT molecular complexity index is 1520. The Hall–Kier alpha value is -3.89. The van der Waals surface area contributed by atoms with Crippen LogP contribution in [0.15, 0.2) is 58.1 Å². The fourth-order valence-corrected chi connectivity index (χ4v) is 7.00. The molecule has 0 aromatic heterocycles. The molecule has 10 heteroatoms. The van der Waals surface area contributed by atoms with E-state index in [1.807, 2.05) is 39.0 Å². The first-order valence-electron chi connectivity index (χ1n) is 13.2. The monoisotopic (exact) mass is 549 g/mol. The number of nitrogens with two attached hydrogens (primary N) is 1. The number of ketones is 2. The SMILES string of the molecule is CC(C)(C)C1=CC(c2ccc3c(c2)OCO3)=C2C[C@H]3C[C@H]4CC(O)=C(C(N)=O)C(=O)[C@@]4(O)C(O)=C3C(=O)C2C1O. The molecule has 1 aromatic carbocycles. The highest BCUT2D eigenvalue weighted by atomic mass is 16.7.